The molecule has 0 radical (unpaired) electrons. The lowest BCUT2D eigenvalue weighted by molar-refractivity contribution is 0.612. The third-order valence-electron chi connectivity index (χ3n) is 4.87. The number of benzene rings is 2. The molecule has 0 fully saturated rings. The topological polar surface area (TPSA) is 0 Å². The van der Waals surface area contributed by atoms with E-state index in [1.807, 2.05) is 0 Å². The summed E-state index contributed by atoms with van der Waals surface area (Å²) in [6, 6.07) is 13.4. The average molecular weight is 246 g/mol. The van der Waals surface area contributed by atoms with Crippen LogP contribution in [-0.4, -0.2) is 0 Å². The largest absolute Gasteiger partial charge is 0.0836 e. The van der Waals surface area contributed by atoms with E-state index in [0.717, 1.165) is 6.42 Å². The summed E-state index contributed by atoms with van der Waals surface area (Å²) in [5, 5.41) is 2.81. The Morgan fingerprint density at radius 1 is 1.05 bits per heavy atom. The van der Waals surface area contributed by atoms with Crippen LogP contribution in [0, 0.1) is 0 Å². The van der Waals surface area contributed by atoms with Crippen LogP contribution in [0.3, 0.4) is 0 Å². The van der Waals surface area contributed by atoms with Gasteiger partial charge in [0, 0.05) is 11.3 Å². The Morgan fingerprint density at radius 2 is 1.89 bits per heavy atom. The Balaban J connectivity index is 2.11. The first-order valence-corrected chi connectivity index (χ1v) is 7.09. The van der Waals surface area contributed by atoms with Gasteiger partial charge in [-0.3, -0.25) is 0 Å². The molecule has 0 N–H and O–H groups in total. The predicted octanol–water partition coefficient (Wildman–Crippen LogP) is 5.10. The van der Waals surface area contributed by atoms with Gasteiger partial charge in [-0.05, 0) is 28.3 Å². The number of rotatable bonds is 0. The van der Waals surface area contributed by atoms with Gasteiger partial charge in [-0.15, -0.1) is 0 Å². The molecule has 2 aromatic carbocycles. The second kappa shape index (κ2) is 3.60. The Kier molecular flexibility index (Phi) is 2.09. The van der Waals surface area contributed by atoms with Crippen LogP contribution in [0.15, 0.2) is 60.2 Å². The maximum absolute atomic E-state index is 2.37. The predicted molar refractivity (Wildman–Crippen MR) is 81.6 cm³/mol. The molecule has 94 valence electrons. The van der Waals surface area contributed by atoms with E-state index in [1.165, 1.54) is 16.3 Å². The Morgan fingerprint density at radius 3 is 2.79 bits per heavy atom. The van der Waals surface area contributed by atoms with Gasteiger partial charge >= 0.3 is 0 Å². The molecule has 1 unspecified atom stereocenters. The highest BCUT2D eigenvalue weighted by atomic mass is 14.4. The molecule has 0 nitrogen and oxygen atoms in total. The molecule has 0 saturated heterocycles. The van der Waals surface area contributed by atoms with Gasteiger partial charge in [-0.2, -0.15) is 0 Å². The standard InChI is InChI=1S/C19H18/c1-19(2)16-10-6-5-9-15(16)18-14-8-4-3-7-13(14)11-12-17(18)19/h3-8,10-12,15H,9H2,1-2H3. The van der Waals surface area contributed by atoms with Crippen molar-refractivity contribution in [2.45, 2.75) is 31.6 Å². The second-order valence-electron chi connectivity index (χ2n) is 6.21. The van der Waals surface area contributed by atoms with Crippen molar-refractivity contribution in [1.29, 1.82) is 0 Å². The van der Waals surface area contributed by atoms with Crippen LogP contribution in [0.2, 0.25) is 0 Å². The number of fused-ring (bicyclic) bond motifs is 5. The first-order chi connectivity index (χ1) is 9.19. The van der Waals surface area contributed by atoms with Gasteiger partial charge in [0.25, 0.3) is 0 Å². The molecule has 0 heterocycles. The lowest BCUT2D eigenvalue weighted by Gasteiger charge is -2.25. The van der Waals surface area contributed by atoms with Gasteiger partial charge in [0.2, 0.25) is 0 Å². The normalized spacial score (nSPS) is 23.1. The zero-order chi connectivity index (χ0) is 13.0. The van der Waals surface area contributed by atoms with Crippen molar-refractivity contribution < 1.29 is 0 Å². The van der Waals surface area contributed by atoms with E-state index in [0.29, 0.717) is 5.92 Å². The molecule has 1 atom stereocenters. The fourth-order valence-electron chi connectivity index (χ4n) is 3.92. The Bertz CT molecular complexity index is 729. The zero-order valence-electron chi connectivity index (χ0n) is 11.5. The lowest BCUT2D eigenvalue weighted by Crippen LogP contribution is -2.17. The highest BCUT2D eigenvalue weighted by molar-refractivity contribution is 5.89. The fourth-order valence-corrected chi connectivity index (χ4v) is 3.92. The van der Waals surface area contributed by atoms with E-state index >= 15 is 0 Å². The summed E-state index contributed by atoms with van der Waals surface area (Å²) >= 11 is 0. The van der Waals surface area contributed by atoms with Crippen molar-refractivity contribution in [3.8, 4) is 0 Å². The minimum Gasteiger partial charge on any atom is -0.0836 e. The van der Waals surface area contributed by atoms with E-state index < -0.39 is 0 Å². The minimum absolute atomic E-state index is 0.175. The first kappa shape index (κ1) is 11.0. The molecule has 2 aliphatic rings. The first-order valence-electron chi connectivity index (χ1n) is 7.09. The van der Waals surface area contributed by atoms with Crippen LogP contribution in [0.25, 0.3) is 10.8 Å². The second-order valence-corrected chi connectivity index (χ2v) is 6.21. The maximum Gasteiger partial charge on any atom is 0.0118 e. The van der Waals surface area contributed by atoms with E-state index in [1.54, 1.807) is 11.1 Å². The third-order valence-corrected chi connectivity index (χ3v) is 4.87. The SMILES string of the molecule is CC1(C)C2=CC=CCC2c2c1ccc1ccccc21. The molecule has 0 aliphatic heterocycles. The molecule has 2 aromatic rings. The summed E-state index contributed by atoms with van der Waals surface area (Å²) in [6.07, 6.45) is 8.02. The van der Waals surface area contributed by atoms with Gasteiger partial charge in [0.15, 0.2) is 0 Å². The monoisotopic (exact) mass is 246 g/mol. The molecule has 2 aliphatic carbocycles. The molecule has 19 heavy (non-hydrogen) atoms. The smallest absolute Gasteiger partial charge is 0.0118 e. The van der Waals surface area contributed by atoms with Crippen LogP contribution in [0.1, 0.15) is 37.3 Å². The van der Waals surface area contributed by atoms with Gasteiger partial charge in [0.05, 0.1) is 0 Å². The van der Waals surface area contributed by atoms with E-state index in [9.17, 15) is 0 Å². The van der Waals surface area contributed by atoms with E-state index in [-0.39, 0.29) is 5.41 Å². The summed E-state index contributed by atoms with van der Waals surface area (Å²) in [5.41, 5.74) is 4.85. The summed E-state index contributed by atoms with van der Waals surface area (Å²) in [7, 11) is 0. The van der Waals surface area contributed by atoms with Crippen LogP contribution >= 0.6 is 0 Å². The lowest BCUT2D eigenvalue weighted by atomic mass is 9.79. The number of allylic oxidation sites excluding steroid dienone is 4. The fraction of sp³-hybridized carbons (Fsp3) is 0.263. The van der Waals surface area contributed by atoms with Crippen molar-refractivity contribution in [2.75, 3.05) is 0 Å². The van der Waals surface area contributed by atoms with Crippen molar-refractivity contribution >= 4 is 10.8 Å². The zero-order valence-corrected chi connectivity index (χ0v) is 11.5. The van der Waals surface area contributed by atoms with Gasteiger partial charge < -0.3 is 0 Å². The molecule has 4 rings (SSSR count). The number of hydrogen-bond donors (Lipinski definition) is 0. The van der Waals surface area contributed by atoms with Crippen LogP contribution in [0.5, 0.6) is 0 Å². The number of hydrogen-bond acceptors (Lipinski definition) is 0. The average Bonchev–Trinajstić information content (AvgIpc) is 2.68. The van der Waals surface area contributed by atoms with Crippen LogP contribution < -0.4 is 0 Å². The Hall–Kier alpha value is -1.82. The molecule has 0 saturated carbocycles. The van der Waals surface area contributed by atoms with Gasteiger partial charge in [-0.25, -0.2) is 0 Å². The van der Waals surface area contributed by atoms with Gasteiger partial charge in [-0.1, -0.05) is 74.0 Å². The highest BCUT2D eigenvalue weighted by Crippen LogP contribution is 2.54. The summed E-state index contributed by atoms with van der Waals surface area (Å²) < 4.78 is 0. The summed E-state index contributed by atoms with van der Waals surface area (Å²) in [4.78, 5) is 0. The minimum atomic E-state index is 0.175. The van der Waals surface area contributed by atoms with Crippen molar-refractivity contribution in [3.63, 3.8) is 0 Å². The maximum atomic E-state index is 2.37. The molecular formula is C19H18. The quantitative estimate of drug-likeness (QED) is 0.606. The molecular weight excluding hydrogens is 228 g/mol. The third kappa shape index (κ3) is 1.35. The van der Waals surface area contributed by atoms with Crippen molar-refractivity contribution in [1.82, 2.24) is 0 Å². The Labute approximate surface area is 114 Å². The summed E-state index contributed by atoms with van der Waals surface area (Å²) in [6.45, 7) is 4.73. The highest BCUT2D eigenvalue weighted by Gasteiger charge is 2.42. The van der Waals surface area contributed by atoms with Crippen molar-refractivity contribution in [2.24, 2.45) is 0 Å². The molecule has 0 aromatic heterocycles. The van der Waals surface area contributed by atoms with Gasteiger partial charge in [0.1, 0.15) is 0 Å². The van der Waals surface area contributed by atoms with E-state index in [4.69, 9.17) is 0 Å². The molecule has 0 heteroatoms. The molecule has 0 spiro atoms. The van der Waals surface area contributed by atoms with Crippen LogP contribution in [-0.2, 0) is 5.41 Å². The van der Waals surface area contributed by atoms with Crippen molar-refractivity contribution in [3.05, 3.63) is 71.3 Å². The molecule has 0 bridgehead atoms. The van der Waals surface area contributed by atoms with E-state index in [2.05, 4.69) is 68.5 Å². The summed E-state index contributed by atoms with van der Waals surface area (Å²) in [5.74, 6) is 0.584. The molecule has 0 amide bonds. The van der Waals surface area contributed by atoms with Crippen LogP contribution in [0.4, 0.5) is 0 Å².